The number of amides is 2. The minimum atomic E-state index is -5.97. The number of hydrogen-bond donors (Lipinski definition) is 1. The molecule has 3 aromatic carbocycles. The van der Waals surface area contributed by atoms with E-state index in [0.29, 0.717) is 36.4 Å². The first-order chi connectivity index (χ1) is 24.3. The molecule has 1 atom stereocenters. The summed E-state index contributed by atoms with van der Waals surface area (Å²) in [6, 6.07) is 18.3. The maximum atomic E-state index is 13.5. The lowest BCUT2D eigenvalue weighted by atomic mass is 9.79. The van der Waals surface area contributed by atoms with Crippen LogP contribution >= 0.6 is 11.6 Å². The molecule has 1 aromatic heterocycles. The average Bonchev–Trinajstić information content (AvgIpc) is 3.49. The number of fused-ring (bicyclic) bond motifs is 1. The first-order valence-corrected chi connectivity index (χ1v) is 17.0. The van der Waals surface area contributed by atoms with E-state index in [0.717, 1.165) is 73.5 Å². The fourth-order valence-electron chi connectivity index (χ4n) is 6.69. The van der Waals surface area contributed by atoms with Gasteiger partial charge in [-0.1, -0.05) is 59.6 Å². The van der Waals surface area contributed by atoms with Crippen LogP contribution in [0.4, 0.5) is 22.0 Å². The van der Waals surface area contributed by atoms with Crippen molar-refractivity contribution < 1.29 is 40.7 Å². The lowest BCUT2D eigenvalue weighted by Gasteiger charge is -2.28. The number of likely N-dealkylation sites (tertiary alicyclic amines) is 1. The van der Waals surface area contributed by atoms with Gasteiger partial charge in [0.1, 0.15) is 11.3 Å². The van der Waals surface area contributed by atoms with Crippen LogP contribution in [0.2, 0.25) is 5.02 Å². The number of hydrogen-bond acceptors (Lipinski definition) is 5. The van der Waals surface area contributed by atoms with Gasteiger partial charge in [0.05, 0.1) is 11.4 Å². The van der Waals surface area contributed by atoms with Gasteiger partial charge in [0.25, 0.3) is 5.91 Å². The summed E-state index contributed by atoms with van der Waals surface area (Å²) in [7, 11) is 0. The van der Waals surface area contributed by atoms with Crippen LogP contribution in [-0.2, 0) is 17.8 Å². The summed E-state index contributed by atoms with van der Waals surface area (Å²) in [6.07, 6.45) is -4.20. The smallest absolute Gasteiger partial charge is 0.451 e. The third-order valence-corrected chi connectivity index (χ3v) is 9.53. The summed E-state index contributed by atoms with van der Waals surface area (Å²) in [5.74, 6) is -1.47. The molecule has 0 unspecified atom stereocenters. The molecule has 2 fully saturated rings. The van der Waals surface area contributed by atoms with Gasteiger partial charge in [0.15, 0.2) is 11.2 Å². The molecule has 2 amide bonds. The number of alkyl halides is 5. The van der Waals surface area contributed by atoms with E-state index in [2.05, 4.69) is 22.2 Å². The second kappa shape index (κ2) is 14.9. The van der Waals surface area contributed by atoms with E-state index in [4.69, 9.17) is 16.0 Å². The minimum Gasteiger partial charge on any atom is -0.451 e. The van der Waals surface area contributed by atoms with E-state index in [1.54, 1.807) is 12.1 Å². The predicted molar refractivity (Wildman–Crippen MR) is 181 cm³/mol. The van der Waals surface area contributed by atoms with Gasteiger partial charge in [-0.25, -0.2) is 0 Å². The van der Waals surface area contributed by atoms with Gasteiger partial charge in [-0.05, 0) is 91.5 Å². The molecule has 4 aromatic rings. The van der Waals surface area contributed by atoms with Gasteiger partial charge in [-0.15, -0.1) is 0 Å². The quantitative estimate of drug-likeness (QED) is 0.130. The number of nitrogens with zero attached hydrogens (tertiary/aromatic N) is 1. The van der Waals surface area contributed by atoms with Crippen molar-refractivity contribution in [3.8, 4) is 5.75 Å². The summed E-state index contributed by atoms with van der Waals surface area (Å²) in [6.45, 7) is 1.38. The molecule has 2 aliphatic rings. The fourth-order valence-corrected chi connectivity index (χ4v) is 6.81. The number of allylic oxidation sites excluding steroid dienone is 1. The van der Waals surface area contributed by atoms with Crippen molar-refractivity contribution in [3.05, 3.63) is 122 Å². The van der Waals surface area contributed by atoms with Crippen LogP contribution in [-0.4, -0.2) is 41.6 Å². The zero-order valence-corrected chi connectivity index (χ0v) is 28.0. The normalized spacial score (nSPS) is 17.5. The first kappa shape index (κ1) is 36.1. The zero-order valence-electron chi connectivity index (χ0n) is 27.3. The molecular formula is C38H34ClF5N2O5. The number of nitrogens with one attached hydrogen (secondary N) is 1. The first-order valence-electron chi connectivity index (χ1n) is 16.6. The average molecular weight is 729 g/mol. The van der Waals surface area contributed by atoms with Gasteiger partial charge in [-0.2, -0.15) is 22.0 Å². The van der Waals surface area contributed by atoms with Crippen LogP contribution in [0.3, 0.4) is 0 Å². The molecule has 268 valence electrons. The molecule has 2 heterocycles. The van der Waals surface area contributed by atoms with Crippen LogP contribution in [0.1, 0.15) is 71.7 Å². The van der Waals surface area contributed by atoms with Gasteiger partial charge >= 0.3 is 12.3 Å². The van der Waals surface area contributed by atoms with E-state index < -0.39 is 35.4 Å². The van der Waals surface area contributed by atoms with Crippen LogP contribution in [0, 0.1) is 0 Å². The Morgan fingerprint density at radius 3 is 2.39 bits per heavy atom. The molecule has 6 rings (SSSR count). The highest BCUT2D eigenvalue weighted by atomic mass is 35.5. The Kier molecular flexibility index (Phi) is 10.5. The highest BCUT2D eigenvalue weighted by Gasteiger charge is 2.61. The molecule has 1 aliphatic carbocycles. The number of benzene rings is 3. The summed E-state index contributed by atoms with van der Waals surface area (Å²) < 4.78 is 74.1. The molecule has 51 heavy (non-hydrogen) atoms. The maximum Gasteiger partial charge on any atom is 0.499 e. The van der Waals surface area contributed by atoms with Crippen molar-refractivity contribution in [2.24, 2.45) is 0 Å². The molecule has 0 radical (unpaired) electrons. The highest BCUT2D eigenvalue weighted by Crippen LogP contribution is 2.39. The van der Waals surface area contributed by atoms with Gasteiger partial charge in [0, 0.05) is 30.6 Å². The SMILES string of the molecule is O=C(N[C@@H](C=C1CCC(c2ccccc2CN2CCCC2=O)CC1)Cc1ccc(Cl)cc1)c1cc(=O)c2cc(OC(F)(F)C(F)(F)F)ccc2o1. The number of carbonyl (C=O) groups is 2. The number of ether oxygens (including phenoxy) is 1. The Balaban J connectivity index is 1.18. The Hall–Kier alpha value is -4.71. The molecular weight excluding hydrogens is 695 g/mol. The van der Waals surface area contributed by atoms with E-state index in [-0.39, 0.29) is 22.6 Å². The second-order valence-electron chi connectivity index (χ2n) is 12.9. The van der Waals surface area contributed by atoms with Gasteiger partial charge in [-0.3, -0.25) is 14.4 Å². The molecule has 1 saturated carbocycles. The molecule has 1 N–H and O–H groups in total. The largest absolute Gasteiger partial charge is 0.499 e. The van der Waals surface area contributed by atoms with Gasteiger partial charge in [0.2, 0.25) is 5.91 Å². The van der Waals surface area contributed by atoms with Crippen molar-refractivity contribution in [3.63, 3.8) is 0 Å². The topological polar surface area (TPSA) is 88.9 Å². The number of halogens is 6. The monoisotopic (exact) mass is 728 g/mol. The van der Waals surface area contributed by atoms with Crippen LogP contribution in [0.5, 0.6) is 5.75 Å². The minimum absolute atomic E-state index is 0.186. The third-order valence-electron chi connectivity index (χ3n) is 9.28. The molecule has 7 nitrogen and oxygen atoms in total. The van der Waals surface area contributed by atoms with Gasteiger partial charge < -0.3 is 19.4 Å². The molecule has 0 bridgehead atoms. The van der Waals surface area contributed by atoms with E-state index in [1.807, 2.05) is 35.2 Å². The molecule has 1 saturated heterocycles. The summed E-state index contributed by atoms with van der Waals surface area (Å²) in [5, 5.41) is 3.14. The Labute approximate surface area is 295 Å². The zero-order chi connectivity index (χ0) is 36.3. The van der Waals surface area contributed by atoms with Crippen molar-refractivity contribution in [1.29, 1.82) is 0 Å². The lowest BCUT2D eigenvalue weighted by Crippen LogP contribution is -2.41. The Morgan fingerprint density at radius 2 is 1.71 bits per heavy atom. The standard InChI is InChI=1S/C38H34ClF5N2O5/c39-27-13-9-24(10-14-27)19-28(18-23-7-11-25(12-8-23)30-5-2-1-4-26(30)22-46-17-3-6-35(46)48)45-36(49)34-21-32(47)31-20-29(15-16-33(31)50-34)51-38(43,44)37(40,41)42/h1-2,4-5,9-10,13-16,18,20-21,25,28H,3,6-8,11-12,17,19,22H2,(H,45,49)/t25?,28-/m0/s1. The number of rotatable bonds is 10. The molecule has 13 heteroatoms. The second-order valence-corrected chi connectivity index (χ2v) is 13.3. The summed E-state index contributed by atoms with van der Waals surface area (Å²) in [4.78, 5) is 40.6. The van der Waals surface area contributed by atoms with E-state index in [9.17, 15) is 36.3 Å². The maximum absolute atomic E-state index is 13.5. The van der Waals surface area contributed by atoms with Crippen molar-refractivity contribution >= 4 is 34.4 Å². The van der Waals surface area contributed by atoms with Crippen molar-refractivity contribution in [2.75, 3.05) is 6.54 Å². The van der Waals surface area contributed by atoms with E-state index in [1.165, 1.54) is 5.56 Å². The summed E-state index contributed by atoms with van der Waals surface area (Å²) in [5.41, 5.74) is 3.43. The lowest BCUT2D eigenvalue weighted by molar-refractivity contribution is -0.360. The van der Waals surface area contributed by atoms with Crippen molar-refractivity contribution in [1.82, 2.24) is 10.2 Å². The fraction of sp³-hybridized carbons (Fsp3) is 0.342. The predicted octanol–water partition coefficient (Wildman–Crippen LogP) is 8.73. The highest BCUT2D eigenvalue weighted by molar-refractivity contribution is 6.30. The van der Waals surface area contributed by atoms with Crippen LogP contribution in [0.25, 0.3) is 11.0 Å². The summed E-state index contributed by atoms with van der Waals surface area (Å²) >= 11 is 6.08. The Bertz CT molecular complexity index is 2000. The van der Waals surface area contributed by atoms with Crippen LogP contribution < -0.4 is 15.5 Å². The molecule has 0 spiro atoms. The third kappa shape index (κ3) is 8.61. The van der Waals surface area contributed by atoms with E-state index >= 15 is 0 Å². The van der Waals surface area contributed by atoms with Crippen molar-refractivity contribution in [2.45, 2.75) is 75.7 Å². The van der Waals surface area contributed by atoms with Crippen LogP contribution in [0.15, 0.2) is 93.7 Å². The Morgan fingerprint density at radius 1 is 0.980 bits per heavy atom. The number of carbonyl (C=O) groups excluding carboxylic acids is 2. The molecule has 1 aliphatic heterocycles.